The minimum absolute atomic E-state index is 0.144. The van der Waals surface area contributed by atoms with Crippen LogP contribution in [0.5, 0.6) is 5.75 Å². The number of carbonyl (C=O) groups excluding carboxylic acids is 1. The molecule has 21 heavy (non-hydrogen) atoms. The number of nitro benzene ring substituents is 1. The van der Waals surface area contributed by atoms with Crippen molar-refractivity contribution in [2.24, 2.45) is 0 Å². The average molecular weight is 322 g/mol. The summed E-state index contributed by atoms with van der Waals surface area (Å²) in [5, 5.41) is 20.5. The largest absolute Gasteiger partial charge is 0.507 e. The van der Waals surface area contributed by atoms with E-state index >= 15 is 0 Å². The highest BCUT2D eigenvalue weighted by atomic mass is 32.2. The number of nitrogens with zero attached hydrogens (tertiary/aromatic N) is 2. The number of benzene rings is 1. The van der Waals surface area contributed by atoms with Crippen LogP contribution in [0.2, 0.25) is 0 Å². The van der Waals surface area contributed by atoms with Gasteiger partial charge in [0.1, 0.15) is 10.1 Å². The van der Waals surface area contributed by atoms with Crippen LogP contribution in [0.25, 0.3) is 6.08 Å². The van der Waals surface area contributed by atoms with E-state index in [4.69, 9.17) is 12.2 Å². The molecule has 1 amide bonds. The summed E-state index contributed by atoms with van der Waals surface area (Å²) >= 11 is 6.16. The predicted octanol–water partition coefficient (Wildman–Crippen LogP) is 2.69. The molecule has 1 aromatic carbocycles. The van der Waals surface area contributed by atoms with E-state index in [0.717, 1.165) is 11.8 Å². The number of thiocarbonyl (C=S) groups is 1. The molecule has 1 aromatic rings. The van der Waals surface area contributed by atoms with E-state index in [9.17, 15) is 20.0 Å². The number of nitro groups is 1. The molecule has 0 atom stereocenters. The van der Waals surface area contributed by atoms with Crippen molar-refractivity contribution in [1.82, 2.24) is 4.90 Å². The van der Waals surface area contributed by atoms with Crippen molar-refractivity contribution in [1.29, 1.82) is 0 Å². The van der Waals surface area contributed by atoms with Crippen molar-refractivity contribution in [3.63, 3.8) is 0 Å². The van der Waals surface area contributed by atoms with Gasteiger partial charge in [0.15, 0.2) is 0 Å². The Morgan fingerprint density at radius 2 is 2.24 bits per heavy atom. The fourth-order valence-corrected chi connectivity index (χ4v) is 2.96. The number of amides is 1. The highest BCUT2D eigenvalue weighted by molar-refractivity contribution is 8.26. The number of aromatic hydroxyl groups is 1. The minimum Gasteiger partial charge on any atom is -0.507 e. The van der Waals surface area contributed by atoms with Crippen molar-refractivity contribution < 1.29 is 14.8 Å². The molecule has 6 nitrogen and oxygen atoms in total. The number of rotatable bonds is 4. The molecule has 0 spiro atoms. The molecule has 0 saturated carbocycles. The van der Waals surface area contributed by atoms with E-state index in [1.165, 1.54) is 29.2 Å². The van der Waals surface area contributed by atoms with Crippen LogP contribution in [0.4, 0.5) is 5.69 Å². The molecule has 1 aliphatic rings. The lowest BCUT2D eigenvalue weighted by Gasteiger charge is -2.10. The fourth-order valence-electron chi connectivity index (χ4n) is 1.70. The monoisotopic (exact) mass is 322 g/mol. The lowest BCUT2D eigenvalue weighted by molar-refractivity contribution is -0.384. The molecule has 0 radical (unpaired) electrons. The van der Waals surface area contributed by atoms with Crippen LogP contribution in [0.15, 0.2) is 35.8 Å². The van der Waals surface area contributed by atoms with Crippen molar-refractivity contribution in [2.45, 2.75) is 0 Å². The minimum atomic E-state index is -0.570. The van der Waals surface area contributed by atoms with Gasteiger partial charge in [-0.15, -0.1) is 6.58 Å². The Hall–Kier alpha value is -2.19. The number of carbonyl (C=O) groups is 1. The Balaban J connectivity index is 2.38. The van der Waals surface area contributed by atoms with Crippen LogP contribution in [0.1, 0.15) is 5.56 Å². The van der Waals surface area contributed by atoms with Gasteiger partial charge in [-0.2, -0.15) is 0 Å². The van der Waals surface area contributed by atoms with Gasteiger partial charge in [-0.3, -0.25) is 19.8 Å². The molecule has 0 aliphatic carbocycles. The van der Waals surface area contributed by atoms with E-state index < -0.39 is 4.92 Å². The van der Waals surface area contributed by atoms with Crippen LogP contribution in [-0.2, 0) is 4.79 Å². The third kappa shape index (κ3) is 3.11. The summed E-state index contributed by atoms with van der Waals surface area (Å²) in [5.74, 6) is -0.453. The van der Waals surface area contributed by atoms with E-state index in [-0.39, 0.29) is 22.9 Å². The summed E-state index contributed by atoms with van der Waals surface area (Å²) in [5.41, 5.74) is 0.0314. The first-order chi connectivity index (χ1) is 9.93. The fraction of sp³-hybridized carbons (Fsp3) is 0.0769. The van der Waals surface area contributed by atoms with E-state index in [1.807, 2.05) is 0 Å². The molecule has 1 aliphatic heterocycles. The molecule has 2 rings (SSSR count). The molecule has 1 fully saturated rings. The number of thioether (sulfide) groups is 1. The molecule has 108 valence electrons. The first-order valence-electron chi connectivity index (χ1n) is 5.77. The zero-order chi connectivity index (χ0) is 15.6. The lowest BCUT2D eigenvalue weighted by Crippen LogP contribution is -2.27. The Labute approximate surface area is 129 Å². The summed E-state index contributed by atoms with van der Waals surface area (Å²) in [6.45, 7) is 3.84. The van der Waals surface area contributed by atoms with Crippen LogP contribution in [0.3, 0.4) is 0 Å². The lowest BCUT2D eigenvalue weighted by atomic mass is 10.1. The van der Waals surface area contributed by atoms with Crippen LogP contribution in [0, 0.1) is 10.1 Å². The molecular formula is C13H10N2O4S2. The summed E-state index contributed by atoms with van der Waals surface area (Å²) in [6.07, 6.45) is 2.95. The van der Waals surface area contributed by atoms with Gasteiger partial charge in [-0.05, 0) is 12.1 Å². The third-order valence-electron chi connectivity index (χ3n) is 2.69. The molecule has 1 N–H and O–H groups in total. The standard InChI is InChI=1S/C13H10N2O4S2/c1-2-5-14-12(17)11(21-13(14)20)7-8-6-9(15(18)19)3-4-10(8)16/h2-4,6-7,16H,1,5H2/b11-7-. The molecule has 1 saturated heterocycles. The smallest absolute Gasteiger partial charge is 0.270 e. The highest BCUT2D eigenvalue weighted by Crippen LogP contribution is 2.34. The number of hydrogen-bond acceptors (Lipinski definition) is 6. The molecule has 0 unspecified atom stereocenters. The molecule has 0 bridgehead atoms. The number of hydrogen-bond donors (Lipinski definition) is 1. The summed E-state index contributed by atoms with van der Waals surface area (Å²) in [6, 6.07) is 3.61. The van der Waals surface area contributed by atoms with Gasteiger partial charge >= 0.3 is 0 Å². The predicted molar refractivity (Wildman–Crippen MR) is 84.8 cm³/mol. The maximum Gasteiger partial charge on any atom is 0.270 e. The number of non-ortho nitro benzene ring substituents is 1. The molecular weight excluding hydrogens is 312 g/mol. The van der Waals surface area contributed by atoms with Gasteiger partial charge < -0.3 is 5.11 Å². The topological polar surface area (TPSA) is 83.7 Å². The van der Waals surface area contributed by atoms with E-state index in [1.54, 1.807) is 6.08 Å². The molecule has 1 heterocycles. The van der Waals surface area contributed by atoms with Crippen molar-refractivity contribution >= 4 is 46.0 Å². The van der Waals surface area contributed by atoms with Crippen molar-refractivity contribution in [3.8, 4) is 5.75 Å². The van der Waals surface area contributed by atoms with Crippen LogP contribution < -0.4 is 0 Å². The summed E-state index contributed by atoms with van der Waals surface area (Å²) in [7, 11) is 0. The highest BCUT2D eigenvalue weighted by Gasteiger charge is 2.31. The van der Waals surface area contributed by atoms with Gasteiger partial charge in [0, 0.05) is 24.2 Å². The normalized spacial score (nSPS) is 16.6. The average Bonchev–Trinajstić information content (AvgIpc) is 2.69. The van der Waals surface area contributed by atoms with Gasteiger partial charge in [-0.25, -0.2) is 0 Å². The maximum absolute atomic E-state index is 12.1. The van der Waals surface area contributed by atoms with E-state index in [0.29, 0.717) is 15.8 Å². The SMILES string of the molecule is C=CCN1C(=O)/C(=C/c2cc([N+](=O)[O-])ccc2O)SC1=S. The number of phenols is 1. The second-order valence-electron chi connectivity index (χ2n) is 4.08. The third-order valence-corrected chi connectivity index (χ3v) is 4.07. The van der Waals surface area contributed by atoms with Crippen molar-refractivity contribution in [3.05, 3.63) is 51.4 Å². The number of phenolic OH excluding ortho intramolecular Hbond substituents is 1. The second kappa shape index (κ2) is 6.06. The summed E-state index contributed by atoms with van der Waals surface area (Å²) in [4.78, 5) is 24.0. The van der Waals surface area contributed by atoms with Gasteiger partial charge in [0.05, 0.1) is 9.83 Å². The summed E-state index contributed by atoms with van der Waals surface area (Å²) < 4.78 is 0.385. The Morgan fingerprint density at radius 3 is 2.86 bits per heavy atom. The van der Waals surface area contributed by atoms with Gasteiger partial charge in [0.2, 0.25) is 0 Å². The van der Waals surface area contributed by atoms with Crippen LogP contribution >= 0.6 is 24.0 Å². The molecule has 0 aromatic heterocycles. The quantitative estimate of drug-likeness (QED) is 0.302. The second-order valence-corrected chi connectivity index (χ2v) is 5.76. The Bertz CT molecular complexity index is 685. The zero-order valence-electron chi connectivity index (χ0n) is 10.7. The first-order valence-corrected chi connectivity index (χ1v) is 7.00. The molecule has 8 heteroatoms. The van der Waals surface area contributed by atoms with E-state index in [2.05, 4.69) is 6.58 Å². The van der Waals surface area contributed by atoms with Crippen molar-refractivity contribution in [2.75, 3.05) is 6.54 Å². The Kier molecular flexibility index (Phi) is 4.39. The Morgan fingerprint density at radius 1 is 1.52 bits per heavy atom. The van der Waals surface area contributed by atoms with Gasteiger partial charge in [-0.1, -0.05) is 30.1 Å². The van der Waals surface area contributed by atoms with Crippen LogP contribution in [-0.4, -0.2) is 31.7 Å². The maximum atomic E-state index is 12.1. The zero-order valence-corrected chi connectivity index (χ0v) is 12.3. The first kappa shape index (κ1) is 15.2. The van der Waals surface area contributed by atoms with Gasteiger partial charge in [0.25, 0.3) is 11.6 Å².